The van der Waals surface area contributed by atoms with Crippen molar-refractivity contribution in [1.29, 1.82) is 0 Å². The Morgan fingerprint density at radius 2 is 1.94 bits per heavy atom. The molecule has 4 unspecified atom stereocenters. The van der Waals surface area contributed by atoms with Crippen LogP contribution < -0.4 is 68.9 Å². The van der Waals surface area contributed by atoms with Crippen molar-refractivity contribution in [3.8, 4) is 11.3 Å². The van der Waals surface area contributed by atoms with Gasteiger partial charge in [0.1, 0.15) is 5.82 Å². The second-order valence-electron chi connectivity index (χ2n) is 10.0. The molecule has 0 radical (unpaired) electrons. The van der Waals surface area contributed by atoms with Crippen molar-refractivity contribution in [2.75, 3.05) is 0 Å². The average molecular weight is 492 g/mol. The van der Waals surface area contributed by atoms with Crippen LogP contribution in [-0.2, 0) is 9.09 Å². The van der Waals surface area contributed by atoms with E-state index in [-0.39, 0.29) is 89.1 Å². The molecule has 1 aromatic carbocycles. The number of benzene rings is 1. The maximum atomic E-state index is 14.9. The minimum Gasteiger partial charge on any atom is -0.790 e. The molecule has 166 valence electrons. The van der Waals surface area contributed by atoms with Gasteiger partial charge in [0.05, 0.1) is 43.8 Å². The fraction of sp³-hybridized carbons (Fsp3) is 0.591. The van der Waals surface area contributed by atoms with E-state index >= 15 is 0 Å². The molecular formula is C22H24FN2Na2O5P. The van der Waals surface area contributed by atoms with E-state index in [1.54, 1.807) is 18.6 Å². The summed E-state index contributed by atoms with van der Waals surface area (Å²) in [4.78, 5) is 27.6. The average Bonchev–Trinajstić information content (AvgIpc) is 3.22. The standard InChI is InChI=1S/C22H26FN2O5P.2Na/c23-16-3-1-2-15-18-10-24-11-25(18)17(21(15)16)6-19(30-31(27,28)29)20-13-4-12-5-14(20)9-22(26,7-12)8-13;;/h1-3,10-14,17,19-20,26H,4-9H2,(H2,27,28,29);;/q;2*+1/p-2. The first-order valence-electron chi connectivity index (χ1n) is 10.9. The summed E-state index contributed by atoms with van der Waals surface area (Å²) >= 11 is 0. The molecule has 0 spiro atoms. The van der Waals surface area contributed by atoms with Crippen LogP contribution in [0.25, 0.3) is 11.3 Å². The molecule has 33 heavy (non-hydrogen) atoms. The molecule has 4 fully saturated rings. The molecule has 11 heteroatoms. The van der Waals surface area contributed by atoms with Crippen molar-refractivity contribution < 1.29 is 87.5 Å². The molecule has 4 atom stereocenters. The first-order valence-corrected chi connectivity index (χ1v) is 12.4. The summed E-state index contributed by atoms with van der Waals surface area (Å²) < 4.78 is 33.6. The van der Waals surface area contributed by atoms with E-state index in [0.717, 1.165) is 30.5 Å². The van der Waals surface area contributed by atoms with E-state index in [1.807, 2.05) is 10.6 Å². The van der Waals surface area contributed by atoms with Crippen molar-refractivity contribution in [2.24, 2.45) is 23.7 Å². The predicted molar refractivity (Wildman–Crippen MR) is 105 cm³/mol. The van der Waals surface area contributed by atoms with E-state index in [2.05, 4.69) is 4.98 Å². The van der Waals surface area contributed by atoms with Crippen LogP contribution in [0, 0.1) is 29.5 Å². The Labute approximate surface area is 236 Å². The fourth-order valence-electron chi connectivity index (χ4n) is 7.52. The minimum absolute atomic E-state index is 0. The van der Waals surface area contributed by atoms with Crippen molar-refractivity contribution in [2.45, 2.75) is 56.3 Å². The number of phosphoric acid groups is 1. The van der Waals surface area contributed by atoms with E-state index in [4.69, 9.17) is 4.52 Å². The number of hydrogen-bond donors (Lipinski definition) is 1. The number of phosphoric ester groups is 1. The quantitative estimate of drug-likeness (QED) is 0.341. The van der Waals surface area contributed by atoms with Crippen molar-refractivity contribution >= 4 is 7.82 Å². The van der Waals surface area contributed by atoms with E-state index in [9.17, 15) is 23.8 Å². The van der Waals surface area contributed by atoms with Crippen LogP contribution in [0.5, 0.6) is 0 Å². The second kappa shape index (κ2) is 9.38. The zero-order chi connectivity index (χ0) is 21.5. The Kier molecular flexibility index (Phi) is 7.53. The topological polar surface area (TPSA) is 110 Å². The zero-order valence-corrected chi connectivity index (χ0v) is 23.8. The summed E-state index contributed by atoms with van der Waals surface area (Å²) in [5, 5.41) is 10.9. The molecule has 7 rings (SSSR count). The van der Waals surface area contributed by atoms with Crippen molar-refractivity contribution in [3.05, 3.63) is 42.1 Å². The Morgan fingerprint density at radius 1 is 1.24 bits per heavy atom. The van der Waals surface area contributed by atoms with Gasteiger partial charge in [0, 0.05) is 11.1 Å². The van der Waals surface area contributed by atoms with Crippen LogP contribution in [-0.4, -0.2) is 26.4 Å². The molecule has 4 bridgehead atoms. The van der Waals surface area contributed by atoms with Gasteiger partial charge in [-0.1, -0.05) is 12.1 Å². The third kappa shape index (κ3) is 4.64. The molecule has 7 nitrogen and oxygen atoms in total. The number of aliphatic hydroxyl groups is 1. The molecule has 1 aliphatic heterocycles. The molecule has 1 N–H and O–H groups in total. The molecule has 4 saturated carbocycles. The smallest absolute Gasteiger partial charge is 0.790 e. The third-order valence-electron chi connectivity index (χ3n) is 8.13. The molecule has 5 aliphatic rings. The third-order valence-corrected chi connectivity index (χ3v) is 8.66. The molecule has 0 amide bonds. The van der Waals surface area contributed by atoms with Crippen LogP contribution in [0.15, 0.2) is 30.7 Å². The molecule has 2 heterocycles. The van der Waals surface area contributed by atoms with E-state index in [1.165, 1.54) is 6.07 Å². The summed E-state index contributed by atoms with van der Waals surface area (Å²) in [5.41, 5.74) is 1.31. The molecule has 2 aromatic rings. The Hall–Kier alpha value is 0.430. The van der Waals surface area contributed by atoms with Gasteiger partial charge < -0.3 is 28.5 Å². The molecule has 4 aliphatic carbocycles. The zero-order valence-electron chi connectivity index (χ0n) is 18.9. The Bertz CT molecular complexity index is 1080. The SMILES string of the molecule is O=P([O-])([O-])OC(CC1c2c(F)cccc2-c2cncn21)C1C2CC3CC1CC(O)(C3)C2.[Na+].[Na+]. The van der Waals surface area contributed by atoms with Gasteiger partial charge in [0.15, 0.2) is 0 Å². The monoisotopic (exact) mass is 492 g/mol. The van der Waals surface area contributed by atoms with Gasteiger partial charge in [-0.05, 0) is 68.3 Å². The molecule has 0 saturated heterocycles. The second-order valence-corrected chi connectivity index (χ2v) is 11.1. The maximum absolute atomic E-state index is 14.9. The van der Waals surface area contributed by atoms with Gasteiger partial charge in [-0.25, -0.2) is 9.37 Å². The summed E-state index contributed by atoms with van der Waals surface area (Å²) in [6.45, 7) is 0. The van der Waals surface area contributed by atoms with Gasteiger partial charge in [-0.2, -0.15) is 0 Å². The van der Waals surface area contributed by atoms with Crippen molar-refractivity contribution in [1.82, 2.24) is 9.55 Å². The minimum atomic E-state index is -5.25. The first-order chi connectivity index (χ1) is 14.7. The van der Waals surface area contributed by atoms with Gasteiger partial charge in [0.2, 0.25) is 0 Å². The van der Waals surface area contributed by atoms with Gasteiger partial charge in [0.25, 0.3) is 0 Å². The van der Waals surface area contributed by atoms with E-state index in [0.29, 0.717) is 24.3 Å². The number of nitrogens with zero attached hydrogens (tertiary/aromatic N) is 2. The van der Waals surface area contributed by atoms with Gasteiger partial charge >= 0.3 is 59.1 Å². The number of halogens is 1. The van der Waals surface area contributed by atoms with Crippen LogP contribution in [0.2, 0.25) is 0 Å². The Balaban J connectivity index is 0.00000130. The van der Waals surface area contributed by atoms with Crippen LogP contribution in [0.1, 0.15) is 50.1 Å². The van der Waals surface area contributed by atoms with Crippen molar-refractivity contribution in [3.63, 3.8) is 0 Å². The number of imidazole rings is 1. The summed E-state index contributed by atoms with van der Waals surface area (Å²) in [5.74, 6) is 0.149. The van der Waals surface area contributed by atoms with Crippen LogP contribution >= 0.6 is 7.82 Å². The molecule has 1 aromatic heterocycles. The maximum Gasteiger partial charge on any atom is 1.00 e. The van der Waals surface area contributed by atoms with Crippen LogP contribution in [0.3, 0.4) is 0 Å². The first kappa shape index (κ1) is 26.5. The van der Waals surface area contributed by atoms with Crippen LogP contribution in [0.4, 0.5) is 4.39 Å². The normalized spacial score (nSPS) is 34.2. The Morgan fingerprint density at radius 3 is 2.58 bits per heavy atom. The fourth-order valence-corrected chi connectivity index (χ4v) is 8.07. The number of hydrogen-bond acceptors (Lipinski definition) is 6. The predicted octanol–water partition coefficient (Wildman–Crippen LogP) is -3.61. The number of rotatable bonds is 5. The summed E-state index contributed by atoms with van der Waals surface area (Å²) in [7, 11) is -5.25. The molecular weight excluding hydrogens is 468 g/mol. The summed E-state index contributed by atoms with van der Waals surface area (Å²) in [6.07, 6.45) is 6.45. The van der Waals surface area contributed by atoms with Gasteiger partial charge in [-0.3, -0.25) is 0 Å². The van der Waals surface area contributed by atoms with Gasteiger partial charge in [-0.15, -0.1) is 0 Å². The largest absolute Gasteiger partial charge is 1.00 e. The van der Waals surface area contributed by atoms with E-state index < -0.39 is 25.6 Å². The summed E-state index contributed by atoms with van der Waals surface area (Å²) in [6, 6.07) is 4.37. The number of fused-ring (bicyclic) bond motifs is 3. The number of aromatic nitrogens is 2.